The Kier molecular flexibility index (Phi) is 7.29. The molecule has 0 unspecified atom stereocenters. The molecule has 1 aliphatic rings. The Labute approximate surface area is 193 Å². The molecule has 6 nitrogen and oxygen atoms in total. The Morgan fingerprint density at radius 1 is 1.28 bits per heavy atom. The van der Waals surface area contributed by atoms with Gasteiger partial charge >= 0.3 is 0 Å². The number of carbonyl (C=O) groups is 1. The molecule has 1 amide bonds. The first-order chi connectivity index (χ1) is 14.9. The van der Waals surface area contributed by atoms with Crippen molar-refractivity contribution in [2.45, 2.75) is 51.3 Å². The molecule has 0 saturated carbocycles. The van der Waals surface area contributed by atoms with E-state index in [1.54, 1.807) is 42.5 Å². The van der Waals surface area contributed by atoms with Crippen LogP contribution in [0.15, 0.2) is 42.5 Å². The molecule has 0 aliphatic carbocycles. The first-order valence-corrected chi connectivity index (χ1v) is 12.5. The summed E-state index contributed by atoms with van der Waals surface area (Å²) in [4.78, 5) is 14.3. The summed E-state index contributed by atoms with van der Waals surface area (Å²) >= 11 is 6.06. The Morgan fingerprint density at radius 2 is 1.97 bits per heavy atom. The summed E-state index contributed by atoms with van der Waals surface area (Å²) in [5.74, 6) is -1.07. The largest absolute Gasteiger partial charge is 0.381 e. The van der Waals surface area contributed by atoms with Gasteiger partial charge in [0, 0.05) is 23.2 Å². The van der Waals surface area contributed by atoms with Gasteiger partial charge in [0.15, 0.2) is 0 Å². The van der Waals surface area contributed by atoms with Crippen LogP contribution in [0, 0.1) is 5.82 Å². The van der Waals surface area contributed by atoms with Crippen LogP contribution in [0.5, 0.6) is 0 Å². The maximum absolute atomic E-state index is 15.5. The number of halogens is 2. The smallest absolute Gasteiger partial charge is 0.254 e. The van der Waals surface area contributed by atoms with Crippen molar-refractivity contribution >= 4 is 27.5 Å². The molecular formula is C23H28ClFN2O4S. The maximum Gasteiger partial charge on any atom is 0.254 e. The molecule has 2 aromatic rings. The van der Waals surface area contributed by atoms with Crippen LogP contribution in [0.1, 0.15) is 32.8 Å². The summed E-state index contributed by atoms with van der Waals surface area (Å²) in [6.07, 6.45) is 0.472. The third kappa shape index (κ3) is 5.49. The monoisotopic (exact) mass is 482 g/mol. The Balaban J connectivity index is 1.98. The molecule has 3 rings (SSSR count). The van der Waals surface area contributed by atoms with Gasteiger partial charge in [-0.1, -0.05) is 41.9 Å². The Hall–Kier alpha value is -2.00. The molecule has 1 fully saturated rings. The molecule has 0 aromatic heterocycles. The summed E-state index contributed by atoms with van der Waals surface area (Å²) in [6, 6.07) is 10.6. The quantitative estimate of drug-likeness (QED) is 0.633. The molecule has 0 spiro atoms. The van der Waals surface area contributed by atoms with Crippen molar-refractivity contribution in [2.24, 2.45) is 0 Å². The number of hydrogen-bond donors (Lipinski definition) is 2. The minimum atomic E-state index is -3.54. The van der Waals surface area contributed by atoms with Gasteiger partial charge in [-0.05, 0) is 56.9 Å². The highest BCUT2D eigenvalue weighted by Crippen LogP contribution is 2.31. The lowest BCUT2D eigenvalue weighted by Gasteiger charge is -2.32. The molecule has 174 valence electrons. The molecule has 32 heavy (non-hydrogen) atoms. The summed E-state index contributed by atoms with van der Waals surface area (Å²) in [5, 5.41) is 10.7. The van der Waals surface area contributed by atoms with Crippen LogP contribution in [0.3, 0.4) is 0 Å². The maximum atomic E-state index is 15.5. The van der Waals surface area contributed by atoms with E-state index in [2.05, 4.69) is 4.72 Å². The zero-order valence-electron chi connectivity index (χ0n) is 18.3. The van der Waals surface area contributed by atoms with Gasteiger partial charge in [0.1, 0.15) is 11.4 Å². The van der Waals surface area contributed by atoms with Gasteiger partial charge < -0.3 is 10.0 Å². The predicted molar refractivity (Wildman–Crippen MR) is 123 cm³/mol. The van der Waals surface area contributed by atoms with Crippen LogP contribution in [0.25, 0.3) is 11.1 Å². The number of aliphatic hydroxyl groups is 1. The molecule has 2 aromatic carbocycles. The normalized spacial score (nSPS) is 19.4. The lowest BCUT2D eigenvalue weighted by molar-refractivity contribution is -0.148. The fourth-order valence-electron chi connectivity index (χ4n) is 4.00. The predicted octanol–water partition coefficient (Wildman–Crippen LogP) is 3.37. The van der Waals surface area contributed by atoms with Crippen molar-refractivity contribution in [3.05, 3.63) is 58.9 Å². The molecule has 2 N–H and O–H groups in total. The van der Waals surface area contributed by atoms with Gasteiger partial charge in [0.05, 0.1) is 11.8 Å². The number of hydrogen-bond acceptors (Lipinski definition) is 4. The van der Waals surface area contributed by atoms with Crippen molar-refractivity contribution in [2.75, 3.05) is 12.3 Å². The topological polar surface area (TPSA) is 86.7 Å². The number of likely N-dealkylation sites (tertiary alicyclic amines) is 1. The molecular weight excluding hydrogens is 455 g/mol. The summed E-state index contributed by atoms with van der Waals surface area (Å²) in [5.41, 5.74) is -0.286. The highest BCUT2D eigenvalue weighted by Gasteiger charge is 2.43. The SMILES string of the molecule is CCS(=O)(=O)N[C@H]1CCN(C(=O)C(C)(C)O)[C@H]1Cc1cccc(-c2cccc(Cl)c2)c1F. The molecule has 9 heteroatoms. The van der Waals surface area contributed by atoms with Gasteiger partial charge in [0.25, 0.3) is 5.91 Å². The number of sulfonamides is 1. The summed E-state index contributed by atoms with van der Waals surface area (Å²) < 4.78 is 42.6. The van der Waals surface area contributed by atoms with E-state index in [1.807, 2.05) is 0 Å². The first-order valence-electron chi connectivity index (χ1n) is 10.5. The van der Waals surface area contributed by atoms with E-state index in [0.29, 0.717) is 28.1 Å². The van der Waals surface area contributed by atoms with Crippen molar-refractivity contribution < 1.29 is 22.7 Å². The van der Waals surface area contributed by atoms with Crippen molar-refractivity contribution in [1.29, 1.82) is 0 Å². The minimum absolute atomic E-state index is 0.0962. The lowest BCUT2D eigenvalue weighted by atomic mass is 9.95. The first kappa shape index (κ1) is 24.6. The zero-order chi connectivity index (χ0) is 23.7. The number of amides is 1. The van der Waals surface area contributed by atoms with Crippen LogP contribution < -0.4 is 4.72 Å². The number of nitrogens with zero attached hydrogens (tertiary/aromatic N) is 1. The van der Waals surface area contributed by atoms with Crippen LogP contribution in [-0.4, -0.2) is 54.3 Å². The highest BCUT2D eigenvalue weighted by molar-refractivity contribution is 7.89. The van der Waals surface area contributed by atoms with Crippen LogP contribution in [-0.2, 0) is 21.2 Å². The van der Waals surface area contributed by atoms with Crippen LogP contribution in [0.2, 0.25) is 5.02 Å². The van der Waals surface area contributed by atoms with E-state index >= 15 is 4.39 Å². The fourth-order valence-corrected chi connectivity index (χ4v) is 5.10. The average molecular weight is 483 g/mol. The Morgan fingerprint density at radius 3 is 2.59 bits per heavy atom. The van der Waals surface area contributed by atoms with E-state index in [4.69, 9.17) is 11.6 Å². The number of nitrogens with one attached hydrogen (secondary N) is 1. The van der Waals surface area contributed by atoms with E-state index in [9.17, 15) is 18.3 Å². The standard InChI is InChI=1S/C23H28ClFN2O4S/c1-4-32(30,31)26-19-11-12-27(22(28)23(2,3)29)20(19)14-16-8-6-10-18(21(16)25)15-7-5-9-17(24)13-15/h5-10,13,19-20,26,29H,4,11-12,14H2,1-3H3/t19-,20-/m0/s1. The van der Waals surface area contributed by atoms with E-state index in [0.717, 1.165) is 0 Å². The van der Waals surface area contributed by atoms with Crippen molar-refractivity contribution in [3.63, 3.8) is 0 Å². The number of benzene rings is 2. The molecule has 2 atom stereocenters. The van der Waals surface area contributed by atoms with Gasteiger partial charge in [0.2, 0.25) is 10.0 Å². The molecule has 1 saturated heterocycles. The van der Waals surface area contributed by atoms with Gasteiger partial charge in [-0.25, -0.2) is 17.5 Å². The fraction of sp³-hybridized carbons (Fsp3) is 0.435. The average Bonchev–Trinajstić information content (AvgIpc) is 3.09. The van der Waals surface area contributed by atoms with E-state index in [1.165, 1.54) is 25.7 Å². The van der Waals surface area contributed by atoms with Crippen LogP contribution >= 0.6 is 11.6 Å². The molecule has 0 radical (unpaired) electrons. The van der Waals surface area contributed by atoms with Crippen molar-refractivity contribution in [1.82, 2.24) is 9.62 Å². The third-order valence-electron chi connectivity index (χ3n) is 5.68. The molecule has 1 heterocycles. The zero-order valence-corrected chi connectivity index (χ0v) is 19.9. The summed E-state index contributed by atoms with van der Waals surface area (Å²) in [6.45, 7) is 4.56. The number of rotatable bonds is 7. The minimum Gasteiger partial charge on any atom is -0.381 e. The highest BCUT2D eigenvalue weighted by atomic mass is 35.5. The Bertz CT molecular complexity index is 1100. The van der Waals surface area contributed by atoms with Gasteiger partial charge in [-0.2, -0.15) is 0 Å². The van der Waals surface area contributed by atoms with Gasteiger partial charge in [-0.15, -0.1) is 0 Å². The second-order valence-electron chi connectivity index (χ2n) is 8.53. The third-order valence-corrected chi connectivity index (χ3v) is 7.34. The van der Waals surface area contributed by atoms with Crippen molar-refractivity contribution in [3.8, 4) is 11.1 Å². The molecule has 1 aliphatic heterocycles. The van der Waals surface area contributed by atoms with Crippen LogP contribution in [0.4, 0.5) is 4.39 Å². The lowest BCUT2D eigenvalue weighted by Crippen LogP contribution is -2.52. The van der Waals surface area contributed by atoms with E-state index in [-0.39, 0.29) is 18.7 Å². The van der Waals surface area contributed by atoms with Gasteiger partial charge in [-0.3, -0.25) is 4.79 Å². The van der Waals surface area contributed by atoms with E-state index < -0.39 is 39.4 Å². The second-order valence-corrected chi connectivity index (χ2v) is 11.0. The number of carbonyl (C=O) groups excluding carboxylic acids is 1. The summed E-state index contributed by atoms with van der Waals surface area (Å²) in [7, 11) is -3.54. The molecule has 0 bridgehead atoms. The second kappa shape index (κ2) is 9.47.